The number of hydrogen-bond donors (Lipinski definition) is 1. The van der Waals surface area contributed by atoms with Gasteiger partial charge >= 0.3 is 6.16 Å². The van der Waals surface area contributed by atoms with Gasteiger partial charge in [0.1, 0.15) is 23.3 Å². The number of amides is 2. The molecule has 5 rings (SSSR count). The van der Waals surface area contributed by atoms with E-state index < -0.39 is 77.0 Å². The zero-order valence-electron chi connectivity index (χ0n) is 26.1. The second kappa shape index (κ2) is 13.1. The molecule has 2 unspecified atom stereocenters. The van der Waals surface area contributed by atoms with Gasteiger partial charge in [0.25, 0.3) is 11.8 Å². The fraction of sp³-hybridized carbons (Fsp3) is 0.516. The summed E-state index contributed by atoms with van der Waals surface area (Å²) in [5, 5.41) is 6.67. The van der Waals surface area contributed by atoms with Crippen LogP contribution in [0.15, 0.2) is 34.3 Å². The number of nitrogens with zero attached hydrogens (tertiary/aromatic N) is 3. The van der Waals surface area contributed by atoms with E-state index in [1.54, 1.807) is 18.7 Å². The highest BCUT2D eigenvalue weighted by molar-refractivity contribution is 5.99. The molecule has 1 N–H and O–H groups in total. The Hall–Kier alpha value is -4.53. The van der Waals surface area contributed by atoms with Crippen molar-refractivity contribution in [1.29, 1.82) is 0 Å². The molecule has 1 aromatic heterocycles. The van der Waals surface area contributed by atoms with Gasteiger partial charge < -0.3 is 38.6 Å². The molecule has 1 fully saturated rings. The Morgan fingerprint density at radius 3 is 2.67 bits per heavy atom. The van der Waals surface area contributed by atoms with E-state index in [4.69, 9.17) is 23.8 Å². The molecule has 250 valence electrons. The molecule has 3 aliphatic rings. The van der Waals surface area contributed by atoms with E-state index in [1.807, 2.05) is 13.8 Å². The summed E-state index contributed by atoms with van der Waals surface area (Å²) in [5.74, 6) is -3.60. The van der Waals surface area contributed by atoms with Gasteiger partial charge in [-0.2, -0.15) is 0 Å². The van der Waals surface area contributed by atoms with Gasteiger partial charge in [-0.3, -0.25) is 14.4 Å². The molecule has 2 aromatic rings. The fourth-order valence-electron chi connectivity index (χ4n) is 5.95. The first-order chi connectivity index (χ1) is 21.8. The first kappa shape index (κ1) is 32.9. The average molecular weight is 649 g/mol. The Bertz CT molecular complexity index is 1640. The van der Waals surface area contributed by atoms with Crippen LogP contribution in [0.1, 0.15) is 80.8 Å². The largest absolute Gasteiger partial charge is 0.511 e. The first-order valence-corrected chi connectivity index (χ1v) is 14.9. The summed E-state index contributed by atoms with van der Waals surface area (Å²) in [6.07, 6.45) is 0.627. The molecule has 2 amide bonds. The summed E-state index contributed by atoms with van der Waals surface area (Å²) >= 11 is 0. The summed E-state index contributed by atoms with van der Waals surface area (Å²) in [7, 11) is 1.45. The fourth-order valence-corrected chi connectivity index (χ4v) is 5.95. The smallest absolute Gasteiger partial charge is 0.451 e. The quantitative estimate of drug-likeness (QED) is 0.316. The lowest BCUT2D eigenvalue weighted by Gasteiger charge is -2.42. The minimum absolute atomic E-state index is 0. The molecule has 13 nitrogen and oxygen atoms in total. The van der Waals surface area contributed by atoms with E-state index in [0.29, 0.717) is 25.3 Å². The van der Waals surface area contributed by atoms with Gasteiger partial charge in [-0.25, -0.2) is 13.6 Å². The molecular formula is C31H38F2N4O9. The predicted molar refractivity (Wildman–Crippen MR) is 160 cm³/mol. The number of rotatable bonds is 9. The number of oxime groups is 1. The number of carbonyl (C=O) groups excluding carboxylic acids is 3. The number of aromatic nitrogens is 1. The van der Waals surface area contributed by atoms with Gasteiger partial charge in [0.05, 0.1) is 17.9 Å². The van der Waals surface area contributed by atoms with Crippen molar-refractivity contribution in [3.63, 3.8) is 0 Å². The lowest BCUT2D eigenvalue weighted by atomic mass is 9.84. The minimum Gasteiger partial charge on any atom is -0.451 e. The van der Waals surface area contributed by atoms with Crippen molar-refractivity contribution in [1.82, 2.24) is 14.8 Å². The van der Waals surface area contributed by atoms with E-state index >= 15 is 0 Å². The Balaban J connectivity index is 0.00000500. The number of fused-ring (bicyclic) bond motifs is 5. The van der Waals surface area contributed by atoms with Crippen molar-refractivity contribution in [3.8, 4) is 5.75 Å². The minimum atomic E-state index is -1.11. The third-order valence-corrected chi connectivity index (χ3v) is 8.82. The molecule has 1 spiro atoms. The highest BCUT2D eigenvalue weighted by atomic mass is 19.1. The molecule has 46 heavy (non-hydrogen) atoms. The van der Waals surface area contributed by atoms with Crippen LogP contribution in [-0.4, -0.2) is 77.4 Å². The molecule has 1 aromatic carbocycles. The second-order valence-corrected chi connectivity index (χ2v) is 11.8. The number of benzene rings is 1. The highest BCUT2D eigenvalue weighted by Gasteiger charge is 2.54. The van der Waals surface area contributed by atoms with Gasteiger partial charge in [0, 0.05) is 51.9 Å². The molecular weight excluding hydrogens is 610 g/mol. The van der Waals surface area contributed by atoms with Crippen molar-refractivity contribution in [2.24, 2.45) is 5.16 Å². The lowest BCUT2D eigenvalue weighted by molar-refractivity contribution is -0.0660. The lowest BCUT2D eigenvalue weighted by Crippen LogP contribution is -2.52. The summed E-state index contributed by atoms with van der Waals surface area (Å²) in [4.78, 5) is 61.2. The molecule has 5 atom stereocenters. The second-order valence-electron chi connectivity index (χ2n) is 11.8. The molecule has 2 bridgehead atoms. The first-order valence-electron chi connectivity index (χ1n) is 14.9. The Morgan fingerprint density at radius 2 is 2.00 bits per heavy atom. The maximum atomic E-state index is 14.3. The van der Waals surface area contributed by atoms with Crippen LogP contribution in [0.3, 0.4) is 0 Å². The molecule has 3 aliphatic heterocycles. The number of pyridine rings is 1. The number of methoxy groups -OCH3 is 1. The standard InChI is InChI=1S/C31H36F2N4O9.H2/c1-16-11-31(46-35-16)9-8-17(2)36-14-24(31)37-13-22(28(39)34-12-20-6-7-21(32)10-23(20)33)26(38)27(25(37)29(36)40)43-15-44-30(41)45-19(4)18(3)42-5;/h6-7,10,13,17-19,24H,8-9,11-12,14-15H2,1-5H3,(H,34,39);1H/t17-,18?,19?,24+,31-;/m0./s1. The van der Waals surface area contributed by atoms with Crippen LogP contribution in [-0.2, 0) is 25.6 Å². The van der Waals surface area contributed by atoms with Crippen molar-refractivity contribution in [2.75, 3.05) is 20.4 Å². The molecule has 0 radical (unpaired) electrons. The number of nitrogens with one attached hydrogen (secondary N) is 1. The van der Waals surface area contributed by atoms with Crippen molar-refractivity contribution in [2.45, 2.75) is 83.4 Å². The van der Waals surface area contributed by atoms with Gasteiger partial charge in [0.2, 0.25) is 18.0 Å². The van der Waals surface area contributed by atoms with Gasteiger partial charge in [-0.05, 0) is 46.6 Å². The summed E-state index contributed by atoms with van der Waals surface area (Å²) in [6.45, 7) is 6.04. The van der Waals surface area contributed by atoms with Gasteiger partial charge in [-0.1, -0.05) is 11.2 Å². The van der Waals surface area contributed by atoms with Crippen molar-refractivity contribution < 1.29 is 48.4 Å². The molecule has 1 saturated heterocycles. The SMILES string of the molecule is COC(C)C(C)OC(=O)OCOc1c2n(cc(C(=O)NCc3ccc(F)cc3F)c1=O)[C@@H]1CN(C2=O)[C@@H](C)CC[C@]12CC(C)=NO2.[HH]. The maximum absolute atomic E-state index is 14.3. The normalized spacial score (nSPS) is 23.1. The van der Waals surface area contributed by atoms with Crippen molar-refractivity contribution >= 4 is 23.7 Å². The summed E-state index contributed by atoms with van der Waals surface area (Å²) in [5.41, 5.74) is -1.67. The van der Waals surface area contributed by atoms with Gasteiger partial charge in [-0.15, -0.1) is 0 Å². The average Bonchev–Trinajstić information content (AvgIpc) is 3.35. The summed E-state index contributed by atoms with van der Waals surface area (Å²) in [6, 6.07) is 2.09. The molecule has 0 saturated carbocycles. The number of halogens is 2. The zero-order chi connectivity index (χ0) is 33.3. The summed E-state index contributed by atoms with van der Waals surface area (Å²) < 4.78 is 50.1. The third kappa shape index (κ3) is 6.28. The van der Waals surface area contributed by atoms with E-state index in [9.17, 15) is 28.0 Å². The number of hydrogen-bond acceptors (Lipinski definition) is 10. The topological polar surface area (TPSA) is 147 Å². The third-order valence-electron chi connectivity index (χ3n) is 8.82. The van der Waals surface area contributed by atoms with Crippen LogP contribution in [0.25, 0.3) is 0 Å². The van der Waals surface area contributed by atoms with E-state index in [0.717, 1.165) is 11.8 Å². The van der Waals surface area contributed by atoms with Crippen LogP contribution in [0.5, 0.6) is 5.75 Å². The monoisotopic (exact) mass is 648 g/mol. The Labute approximate surface area is 264 Å². The van der Waals surface area contributed by atoms with Crippen LogP contribution in [0.2, 0.25) is 0 Å². The number of ether oxygens (including phenoxy) is 4. The highest BCUT2D eigenvalue weighted by Crippen LogP contribution is 2.46. The Kier molecular flexibility index (Phi) is 9.33. The van der Waals surface area contributed by atoms with Crippen LogP contribution in [0, 0.1) is 11.6 Å². The Morgan fingerprint density at radius 1 is 1.24 bits per heavy atom. The van der Waals surface area contributed by atoms with Gasteiger partial charge in [0.15, 0.2) is 11.3 Å². The molecule has 15 heteroatoms. The van der Waals surface area contributed by atoms with Crippen LogP contribution < -0.4 is 15.5 Å². The van der Waals surface area contributed by atoms with Crippen molar-refractivity contribution in [3.05, 3.63) is 63.1 Å². The van der Waals surface area contributed by atoms with E-state index in [-0.39, 0.29) is 31.8 Å². The maximum Gasteiger partial charge on any atom is 0.511 e. The van der Waals surface area contributed by atoms with Crippen LogP contribution >= 0.6 is 0 Å². The van der Waals surface area contributed by atoms with Crippen LogP contribution in [0.4, 0.5) is 13.6 Å². The predicted octanol–water partition coefficient (Wildman–Crippen LogP) is 3.93. The van der Waals surface area contributed by atoms with E-state index in [2.05, 4.69) is 10.5 Å². The molecule has 4 heterocycles. The zero-order valence-corrected chi connectivity index (χ0v) is 26.1. The number of carbonyl (C=O) groups is 3. The molecule has 0 aliphatic carbocycles. The van der Waals surface area contributed by atoms with E-state index in [1.165, 1.54) is 23.9 Å².